The van der Waals surface area contributed by atoms with E-state index in [2.05, 4.69) is 17.6 Å². The maximum atomic E-state index is 13.0. The average molecular weight is 510 g/mol. The van der Waals surface area contributed by atoms with E-state index in [4.69, 9.17) is 4.55 Å². The van der Waals surface area contributed by atoms with E-state index in [0.717, 1.165) is 24.0 Å². The van der Waals surface area contributed by atoms with Crippen LogP contribution in [0.1, 0.15) is 35.6 Å². The van der Waals surface area contributed by atoms with Gasteiger partial charge in [0.1, 0.15) is 6.04 Å². The smallest absolute Gasteiger partial charge is 0.350 e. The predicted octanol–water partition coefficient (Wildman–Crippen LogP) is 3.44. The monoisotopic (exact) mass is 509 g/mol. The van der Waals surface area contributed by atoms with Crippen molar-refractivity contribution in [3.63, 3.8) is 0 Å². The van der Waals surface area contributed by atoms with E-state index in [9.17, 15) is 18.0 Å². The summed E-state index contributed by atoms with van der Waals surface area (Å²) in [6.45, 7) is 2.44. The summed E-state index contributed by atoms with van der Waals surface area (Å²) < 4.78 is 32.9. The minimum atomic E-state index is -4.38. The Morgan fingerprint density at radius 3 is 2.06 bits per heavy atom. The minimum Gasteiger partial charge on any atom is -0.350 e. The van der Waals surface area contributed by atoms with E-state index >= 15 is 0 Å². The van der Waals surface area contributed by atoms with Gasteiger partial charge in [-0.2, -0.15) is 8.42 Å². The van der Waals surface area contributed by atoms with Gasteiger partial charge in [-0.1, -0.05) is 80.1 Å². The van der Waals surface area contributed by atoms with Gasteiger partial charge in [0, 0.05) is 13.0 Å². The molecule has 1 atom stereocenters. The zero-order valence-electron chi connectivity index (χ0n) is 20.1. The Kier molecular flexibility index (Phi) is 9.61. The van der Waals surface area contributed by atoms with Crippen LogP contribution in [0.3, 0.4) is 0 Å². The summed E-state index contributed by atoms with van der Waals surface area (Å²) >= 11 is 0. The predicted molar refractivity (Wildman–Crippen MR) is 140 cm³/mol. The Hall–Kier alpha value is -3.69. The molecule has 1 unspecified atom stereocenters. The van der Waals surface area contributed by atoms with E-state index < -0.39 is 16.3 Å². The zero-order valence-corrected chi connectivity index (χ0v) is 20.9. The average Bonchev–Trinajstić information content (AvgIpc) is 2.84. The molecule has 0 heterocycles. The van der Waals surface area contributed by atoms with Gasteiger partial charge in [0.05, 0.1) is 12.1 Å². The Bertz CT molecular complexity index is 1240. The van der Waals surface area contributed by atoms with Gasteiger partial charge in [-0.05, 0) is 40.8 Å². The van der Waals surface area contributed by atoms with Gasteiger partial charge < -0.3 is 10.6 Å². The number of nitrogens with one attached hydrogen (secondary N) is 3. The molecule has 0 radical (unpaired) electrons. The maximum absolute atomic E-state index is 13.0. The van der Waals surface area contributed by atoms with E-state index in [1.807, 2.05) is 59.3 Å². The van der Waals surface area contributed by atoms with Crippen LogP contribution in [0.4, 0.5) is 5.69 Å². The van der Waals surface area contributed by atoms with Crippen molar-refractivity contribution >= 4 is 27.8 Å². The molecule has 3 rings (SSSR count). The van der Waals surface area contributed by atoms with Crippen molar-refractivity contribution in [2.45, 2.75) is 45.2 Å². The summed E-state index contributed by atoms with van der Waals surface area (Å²) in [5.41, 5.74) is 3.90. The lowest BCUT2D eigenvalue weighted by Gasteiger charge is -2.19. The molecule has 36 heavy (non-hydrogen) atoms. The van der Waals surface area contributed by atoms with Gasteiger partial charge >= 0.3 is 10.3 Å². The first-order chi connectivity index (χ1) is 17.2. The maximum Gasteiger partial charge on any atom is 0.357 e. The molecule has 9 heteroatoms. The van der Waals surface area contributed by atoms with Crippen LogP contribution in [0.25, 0.3) is 0 Å². The van der Waals surface area contributed by atoms with E-state index in [1.165, 1.54) is 17.7 Å². The molecular formula is C27H31N3O5S. The SMILES string of the molecule is CCCc1ccc(CC(=O)NC(Cc2ccc(NS(=O)(=O)O)cc2)C(=O)NCc2ccccc2)cc1. The van der Waals surface area contributed by atoms with Crippen molar-refractivity contribution in [3.05, 3.63) is 101 Å². The van der Waals surface area contributed by atoms with Gasteiger partial charge in [0.2, 0.25) is 11.8 Å². The molecule has 0 bridgehead atoms. The fourth-order valence-corrected chi connectivity index (χ4v) is 4.19. The molecule has 0 saturated heterocycles. The van der Waals surface area contributed by atoms with Crippen LogP contribution in [-0.4, -0.2) is 30.8 Å². The molecule has 4 N–H and O–H groups in total. The zero-order chi connectivity index (χ0) is 26.0. The topological polar surface area (TPSA) is 125 Å². The minimum absolute atomic E-state index is 0.145. The molecule has 2 amide bonds. The lowest BCUT2D eigenvalue weighted by molar-refractivity contribution is -0.128. The fourth-order valence-electron chi connectivity index (χ4n) is 3.75. The Morgan fingerprint density at radius 1 is 0.833 bits per heavy atom. The molecule has 0 spiro atoms. The molecule has 0 aliphatic rings. The van der Waals surface area contributed by atoms with Crippen molar-refractivity contribution in [1.82, 2.24) is 10.6 Å². The Balaban J connectivity index is 1.68. The Labute approximate surface area is 212 Å². The molecule has 0 saturated carbocycles. The number of amides is 2. The summed E-state index contributed by atoms with van der Waals surface area (Å²) in [4.78, 5) is 25.8. The van der Waals surface area contributed by atoms with Crippen LogP contribution >= 0.6 is 0 Å². The highest BCUT2D eigenvalue weighted by atomic mass is 32.2. The summed E-state index contributed by atoms with van der Waals surface area (Å²) in [5.74, 6) is -0.603. The second kappa shape index (κ2) is 12.9. The number of hydrogen-bond acceptors (Lipinski definition) is 4. The van der Waals surface area contributed by atoms with Crippen LogP contribution in [0.5, 0.6) is 0 Å². The normalized spacial score (nSPS) is 11.9. The van der Waals surface area contributed by atoms with E-state index in [-0.39, 0.29) is 30.3 Å². The molecule has 0 fully saturated rings. The quantitative estimate of drug-likeness (QED) is 0.279. The molecule has 3 aromatic carbocycles. The van der Waals surface area contributed by atoms with Crippen LogP contribution < -0.4 is 15.4 Å². The van der Waals surface area contributed by atoms with Gasteiger partial charge in [-0.25, -0.2) is 0 Å². The van der Waals surface area contributed by atoms with Gasteiger partial charge in [0.25, 0.3) is 0 Å². The largest absolute Gasteiger partial charge is 0.357 e. The highest BCUT2D eigenvalue weighted by Gasteiger charge is 2.21. The summed E-state index contributed by atoms with van der Waals surface area (Å²) in [5, 5.41) is 5.71. The van der Waals surface area contributed by atoms with Crippen molar-refractivity contribution in [3.8, 4) is 0 Å². The highest BCUT2D eigenvalue weighted by molar-refractivity contribution is 7.87. The van der Waals surface area contributed by atoms with Crippen molar-refractivity contribution in [1.29, 1.82) is 0 Å². The number of hydrogen-bond donors (Lipinski definition) is 4. The first-order valence-corrected chi connectivity index (χ1v) is 13.2. The summed E-state index contributed by atoms with van der Waals surface area (Å²) in [6.07, 6.45) is 2.38. The van der Waals surface area contributed by atoms with Gasteiger partial charge in [-0.3, -0.25) is 18.9 Å². The molecule has 0 aromatic heterocycles. The van der Waals surface area contributed by atoms with Gasteiger partial charge in [-0.15, -0.1) is 0 Å². The van der Waals surface area contributed by atoms with Gasteiger partial charge in [0.15, 0.2) is 0 Å². The second-order valence-corrected chi connectivity index (χ2v) is 9.70. The molecule has 190 valence electrons. The summed E-state index contributed by atoms with van der Waals surface area (Å²) in [7, 11) is -4.38. The van der Waals surface area contributed by atoms with Crippen LogP contribution in [0.15, 0.2) is 78.9 Å². The first-order valence-electron chi connectivity index (χ1n) is 11.7. The van der Waals surface area contributed by atoms with Crippen LogP contribution in [-0.2, 0) is 45.7 Å². The van der Waals surface area contributed by atoms with E-state index in [0.29, 0.717) is 12.1 Å². The number of anilines is 1. The number of rotatable bonds is 12. The van der Waals surface area contributed by atoms with Crippen LogP contribution in [0, 0.1) is 0 Å². The second-order valence-electron chi connectivity index (χ2n) is 8.54. The molecule has 3 aromatic rings. The number of benzene rings is 3. The first kappa shape index (κ1) is 26.9. The number of carbonyl (C=O) groups is 2. The number of carbonyl (C=O) groups excluding carboxylic acids is 2. The summed E-state index contributed by atoms with van der Waals surface area (Å²) in [6, 6.07) is 22.7. The van der Waals surface area contributed by atoms with Crippen molar-refractivity contribution in [2.24, 2.45) is 0 Å². The molecule has 0 aliphatic heterocycles. The molecular weight excluding hydrogens is 478 g/mol. The van der Waals surface area contributed by atoms with Crippen molar-refractivity contribution < 1.29 is 22.6 Å². The highest BCUT2D eigenvalue weighted by Crippen LogP contribution is 2.13. The third-order valence-electron chi connectivity index (χ3n) is 5.53. The lowest BCUT2D eigenvalue weighted by Crippen LogP contribution is -2.48. The Morgan fingerprint density at radius 2 is 1.44 bits per heavy atom. The lowest BCUT2D eigenvalue weighted by atomic mass is 10.0. The molecule has 0 aliphatic carbocycles. The third kappa shape index (κ3) is 9.16. The van der Waals surface area contributed by atoms with E-state index in [1.54, 1.807) is 12.1 Å². The van der Waals surface area contributed by atoms with Crippen molar-refractivity contribution in [2.75, 3.05) is 4.72 Å². The number of aryl methyl sites for hydroxylation is 1. The fraction of sp³-hybridized carbons (Fsp3) is 0.259. The van der Waals surface area contributed by atoms with Crippen LogP contribution in [0.2, 0.25) is 0 Å². The third-order valence-corrected chi connectivity index (χ3v) is 6.02. The molecule has 8 nitrogen and oxygen atoms in total. The standard InChI is InChI=1S/C27H31N3O5S/c1-2-6-20-9-11-22(12-10-20)18-26(31)29-25(27(32)28-19-23-7-4-3-5-8-23)17-21-13-15-24(16-14-21)30-36(33,34)35/h3-5,7-16,25,30H,2,6,17-19H2,1H3,(H,28,32)(H,29,31)(H,33,34,35).